The van der Waals surface area contributed by atoms with Gasteiger partial charge in [-0.2, -0.15) is 5.10 Å². The smallest absolute Gasteiger partial charge is 0.335 e. The minimum Gasteiger partial charge on any atom is -0.493 e. The van der Waals surface area contributed by atoms with E-state index in [2.05, 4.69) is 39.0 Å². The van der Waals surface area contributed by atoms with E-state index in [4.69, 9.17) is 9.53 Å². The maximum absolute atomic E-state index is 11.1. The Balaban J connectivity index is 2.23. The van der Waals surface area contributed by atoms with Crippen molar-refractivity contribution in [3.8, 4) is 5.88 Å². The Morgan fingerprint density at radius 3 is 2.54 bits per heavy atom. The van der Waals surface area contributed by atoms with Gasteiger partial charge >= 0.3 is 5.97 Å². The number of hydrogen-bond acceptors (Lipinski definition) is 4. The largest absolute Gasteiger partial charge is 0.493 e. The average Bonchev–Trinajstić information content (AvgIpc) is 2.72. The Labute approximate surface area is 143 Å². The molecule has 132 valence electrons. The molecule has 1 aromatic heterocycles. The van der Waals surface area contributed by atoms with Crippen LogP contribution in [-0.2, 0) is 11.0 Å². The lowest BCUT2D eigenvalue weighted by Crippen LogP contribution is -2.44. The minimum absolute atomic E-state index is 0.0348. The van der Waals surface area contributed by atoms with E-state index >= 15 is 0 Å². The number of benzene rings is 1. The van der Waals surface area contributed by atoms with Gasteiger partial charge in [0.05, 0.1) is 29.1 Å². The Morgan fingerprint density at radius 2 is 2.00 bits per heavy atom. The maximum atomic E-state index is 11.1. The van der Waals surface area contributed by atoms with Gasteiger partial charge in [-0.25, -0.2) is 9.48 Å². The second-order valence-electron chi connectivity index (χ2n) is 7.73. The number of carboxylic acid groups (broad SMARTS) is 1. The molecule has 0 aliphatic heterocycles. The van der Waals surface area contributed by atoms with Crippen LogP contribution in [0.25, 0.3) is 10.9 Å². The van der Waals surface area contributed by atoms with Crippen molar-refractivity contribution in [2.24, 2.45) is 0 Å². The van der Waals surface area contributed by atoms with Gasteiger partial charge in [0.2, 0.25) is 5.88 Å². The normalized spacial score (nSPS) is 14.1. The molecule has 24 heavy (non-hydrogen) atoms. The quantitative estimate of drug-likeness (QED) is 0.800. The van der Waals surface area contributed by atoms with Gasteiger partial charge in [-0.05, 0) is 43.3 Å². The molecular formula is C17H26N2O4Si. The lowest BCUT2D eigenvalue weighted by molar-refractivity contribution is 0.0697. The first-order chi connectivity index (χ1) is 10.9. The van der Waals surface area contributed by atoms with Gasteiger partial charge in [0.15, 0.2) is 8.32 Å². The molecule has 1 unspecified atom stereocenters. The fourth-order valence-corrected chi connectivity index (χ4v) is 3.77. The molecule has 0 fully saturated rings. The van der Waals surface area contributed by atoms with E-state index in [0.29, 0.717) is 17.4 Å². The van der Waals surface area contributed by atoms with Crippen molar-refractivity contribution >= 4 is 25.2 Å². The summed E-state index contributed by atoms with van der Waals surface area (Å²) in [5.74, 6) is -0.979. The third-order valence-corrected chi connectivity index (χ3v) is 9.29. The van der Waals surface area contributed by atoms with Crippen molar-refractivity contribution in [3.63, 3.8) is 0 Å². The predicted octanol–water partition coefficient (Wildman–Crippen LogP) is 3.85. The highest BCUT2D eigenvalue weighted by Crippen LogP contribution is 2.37. The third kappa shape index (κ3) is 3.62. The SMILES string of the molecule is CC(Cn1nc2cc(C(=O)O)ccc2c1O)O[Si](C)(C)C(C)(C)C. The summed E-state index contributed by atoms with van der Waals surface area (Å²) >= 11 is 0. The molecule has 6 nitrogen and oxygen atoms in total. The van der Waals surface area contributed by atoms with Crippen LogP contribution in [0.15, 0.2) is 18.2 Å². The molecule has 1 atom stereocenters. The van der Waals surface area contributed by atoms with Crippen molar-refractivity contribution in [2.75, 3.05) is 0 Å². The molecule has 0 bridgehead atoms. The summed E-state index contributed by atoms with van der Waals surface area (Å²) in [6.07, 6.45) is -0.106. The summed E-state index contributed by atoms with van der Waals surface area (Å²) in [6, 6.07) is 4.51. The van der Waals surface area contributed by atoms with Crippen LogP contribution in [0.4, 0.5) is 0 Å². The van der Waals surface area contributed by atoms with E-state index in [1.54, 1.807) is 6.07 Å². The third-order valence-electron chi connectivity index (χ3n) is 4.69. The molecule has 1 aromatic carbocycles. The molecule has 0 aliphatic carbocycles. The first-order valence-corrected chi connectivity index (χ1v) is 10.9. The lowest BCUT2D eigenvalue weighted by atomic mass is 10.1. The van der Waals surface area contributed by atoms with Crippen molar-refractivity contribution in [1.82, 2.24) is 9.78 Å². The standard InChI is InChI=1S/C17H26N2O4Si/c1-11(23-24(5,6)17(2,3)4)10-19-15(20)13-8-7-12(16(21)22)9-14(13)18-19/h7-9,11,20H,10H2,1-6H3,(H,21,22). The van der Waals surface area contributed by atoms with E-state index in [-0.39, 0.29) is 22.6 Å². The van der Waals surface area contributed by atoms with Gasteiger partial charge in [0.25, 0.3) is 0 Å². The molecule has 0 saturated carbocycles. The van der Waals surface area contributed by atoms with Gasteiger partial charge in [0.1, 0.15) is 0 Å². The molecule has 0 saturated heterocycles. The first-order valence-electron chi connectivity index (χ1n) is 8.03. The number of aromatic hydroxyl groups is 1. The summed E-state index contributed by atoms with van der Waals surface area (Å²) in [6.45, 7) is 13.3. The molecule has 0 spiro atoms. The molecule has 2 N–H and O–H groups in total. The van der Waals surface area contributed by atoms with E-state index in [1.165, 1.54) is 16.8 Å². The van der Waals surface area contributed by atoms with Crippen molar-refractivity contribution < 1.29 is 19.4 Å². The van der Waals surface area contributed by atoms with Crippen LogP contribution in [0.2, 0.25) is 18.1 Å². The van der Waals surface area contributed by atoms with Crippen LogP contribution in [0.5, 0.6) is 5.88 Å². The summed E-state index contributed by atoms with van der Waals surface area (Å²) in [5, 5.41) is 24.4. The fraction of sp³-hybridized carbons (Fsp3) is 0.529. The number of carboxylic acids is 1. The van der Waals surface area contributed by atoms with Crippen molar-refractivity contribution in [3.05, 3.63) is 23.8 Å². The summed E-state index contributed by atoms with van der Waals surface area (Å²) in [4.78, 5) is 11.1. The zero-order valence-corrected chi connectivity index (χ0v) is 16.1. The Bertz CT molecular complexity index is 762. The highest BCUT2D eigenvalue weighted by molar-refractivity contribution is 6.74. The molecule has 0 aliphatic rings. The average molecular weight is 350 g/mol. The predicted molar refractivity (Wildman–Crippen MR) is 96.1 cm³/mol. The maximum Gasteiger partial charge on any atom is 0.335 e. The second-order valence-corrected chi connectivity index (χ2v) is 12.5. The zero-order valence-electron chi connectivity index (χ0n) is 15.1. The topological polar surface area (TPSA) is 84.6 Å². The highest BCUT2D eigenvalue weighted by Gasteiger charge is 2.38. The van der Waals surface area contributed by atoms with Crippen LogP contribution >= 0.6 is 0 Å². The van der Waals surface area contributed by atoms with E-state index in [1.807, 2.05) is 6.92 Å². The van der Waals surface area contributed by atoms with Crippen LogP contribution < -0.4 is 0 Å². The Morgan fingerprint density at radius 1 is 1.38 bits per heavy atom. The minimum atomic E-state index is -1.90. The Kier molecular flexibility index (Phi) is 4.78. The van der Waals surface area contributed by atoms with E-state index < -0.39 is 14.3 Å². The molecular weight excluding hydrogens is 324 g/mol. The van der Waals surface area contributed by atoms with Gasteiger partial charge < -0.3 is 14.6 Å². The van der Waals surface area contributed by atoms with Crippen LogP contribution in [-0.4, -0.2) is 40.4 Å². The number of fused-ring (bicyclic) bond motifs is 1. The first kappa shape index (κ1) is 18.5. The van der Waals surface area contributed by atoms with E-state index in [9.17, 15) is 9.90 Å². The fourth-order valence-electron chi connectivity index (χ4n) is 2.34. The van der Waals surface area contributed by atoms with Crippen LogP contribution in [0.1, 0.15) is 38.1 Å². The van der Waals surface area contributed by atoms with Gasteiger partial charge in [-0.1, -0.05) is 20.8 Å². The molecule has 2 rings (SSSR count). The number of carbonyl (C=O) groups is 1. The summed E-state index contributed by atoms with van der Waals surface area (Å²) < 4.78 is 7.77. The molecule has 2 aromatic rings. The van der Waals surface area contributed by atoms with Gasteiger partial charge in [-0.15, -0.1) is 0 Å². The number of aromatic carboxylic acids is 1. The number of rotatable bonds is 5. The Hall–Kier alpha value is -1.86. The summed E-state index contributed by atoms with van der Waals surface area (Å²) in [7, 11) is -1.90. The molecule has 7 heteroatoms. The molecule has 0 amide bonds. The van der Waals surface area contributed by atoms with Gasteiger partial charge in [-0.3, -0.25) is 0 Å². The molecule has 1 heterocycles. The number of nitrogens with zero attached hydrogens (tertiary/aromatic N) is 2. The second kappa shape index (κ2) is 6.21. The van der Waals surface area contributed by atoms with Crippen LogP contribution in [0.3, 0.4) is 0 Å². The van der Waals surface area contributed by atoms with Gasteiger partial charge in [0, 0.05) is 0 Å². The number of hydrogen-bond donors (Lipinski definition) is 2. The summed E-state index contributed by atoms with van der Waals surface area (Å²) in [5.41, 5.74) is 0.615. The van der Waals surface area contributed by atoms with E-state index in [0.717, 1.165) is 0 Å². The molecule has 0 radical (unpaired) electrons. The zero-order chi connectivity index (χ0) is 18.3. The number of aromatic nitrogens is 2. The van der Waals surface area contributed by atoms with Crippen molar-refractivity contribution in [2.45, 2.75) is 58.5 Å². The highest BCUT2D eigenvalue weighted by atomic mass is 28.4. The lowest BCUT2D eigenvalue weighted by Gasteiger charge is -2.38. The van der Waals surface area contributed by atoms with Crippen molar-refractivity contribution in [1.29, 1.82) is 0 Å². The van der Waals surface area contributed by atoms with Crippen LogP contribution in [0, 0.1) is 0 Å². The monoisotopic (exact) mass is 350 g/mol.